The Balaban J connectivity index is 2.34. The van der Waals surface area contributed by atoms with E-state index < -0.39 is 0 Å². The molecule has 24 heavy (non-hydrogen) atoms. The summed E-state index contributed by atoms with van der Waals surface area (Å²) in [7, 11) is 0. The van der Waals surface area contributed by atoms with Gasteiger partial charge in [-0.2, -0.15) is 5.26 Å². The van der Waals surface area contributed by atoms with E-state index in [1.165, 1.54) is 0 Å². The van der Waals surface area contributed by atoms with Gasteiger partial charge in [-0.25, -0.2) is 0 Å². The highest BCUT2D eigenvalue weighted by atomic mass is 35.5. The van der Waals surface area contributed by atoms with Crippen LogP contribution in [0.2, 0.25) is 5.02 Å². The van der Waals surface area contributed by atoms with Gasteiger partial charge in [0.2, 0.25) is 0 Å². The summed E-state index contributed by atoms with van der Waals surface area (Å²) in [4.78, 5) is 0.0901. The van der Waals surface area contributed by atoms with Crippen molar-refractivity contribution in [1.82, 2.24) is 0 Å². The molecule has 0 unspecified atom stereocenters. The average molecular weight is 357 g/mol. The molecule has 0 amide bonds. The second-order valence-corrected chi connectivity index (χ2v) is 6.24. The van der Waals surface area contributed by atoms with Crippen molar-refractivity contribution < 1.29 is 4.74 Å². The zero-order chi connectivity index (χ0) is 17.7. The van der Waals surface area contributed by atoms with Crippen LogP contribution in [0.3, 0.4) is 0 Å². The number of para-hydroxylation sites is 1. The Morgan fingerprint density at radius 3 is 2.67 bits per heavy atom. The number of nitriles is 1. The van der Waals surface area contributed by atoms with Crippen molar-refractivity contribution in [1.29, 1.82) is 5.26 Å². The van der Waals surface area contributed by atoms with Gasteiger partial charge in [-0.3, -0.25) is 0 Å². The molecule has 0 saturated carbocycles. The molecule has 2 N–H and O–H groups in total. The van der Waals surface area contributed by atoms with Gasteiger partial charge >= 0.3 is 0 Å². The minimum absolute atomic E-state index is 0.0901. The Morgan fingerprint density at radius 2 is 2.04 bits per heavy atom. The standard InChI is InChI=1S/C19H17ClN2OS/c1-12-7-14(9-15(10-21)19(22)24)13(2)16(8-12)11-23-18-6-4-3-5-17(18)20/h3-9H,11H2,1-2H3,(H2,22,24). The molecule has 0 spiro atoms. The summed E-state index contributed by atoms with van der Waals surface area (Å²) in [6.07, 6.45) is 1.71. The Kier molecular flexibility index (Phi) is 5.97. The number of rotatable bonds is 5. The van der Waals surface area contributed by atoms with Crippen molar-refractivity contribution in [2.75, 3.05) is 0 Å². The zero-order valence-corrected chi connectivity index (χ0v) is 15.0. The number of nitrogens with zero attached hydrogens (tertiary/aromatic N) is 1. The second-order valence-electron chi connectivity index (χ2n) is 5.39. The van der Waals surface area contributed by atoms with Crippen molar-refractivity contribution in [2.45, 2.75) is 20.5 Å². The highest BCUT2D eigenvalue weighted by molar-refractivity contribution is 7.80. The summed E-state index contributed by atoms with van der Waals surface area (Å²) in [5, 5.41) is 9.72. The molecular formula is C19H17ClN2OS. The molecular weight excluding hydrogens is 340 g/mol. The maximum atomic E-state index is 9.14. The molecule has 2 aromatic carbocycles. The van der Waals surface area contributed by atoms with E-state index in [1.807, 2.05) is 44.2 Å². The Labute approximate surface area is 152 Å². The van der Waals surface area contributed by atoms with Crippen LogP contribution in [0.1, 0.15) is 22.3 Å². The predicted octanol–water partition coefficient (Wildman–Crippen LogP) is 4.73. The van der Waals surface area contributed by atoms with Crippen LogP contribution in [0, 0.1) is 25.2 Å². The van der Waals surface area contributed by atoms with Gasteiger partial charge < -0.3 is 10.5 Å². The number of ether oxygens (including phenoxy) is 1. The zero-order valence-electron chi connectivity index (χ0n) is 13.5. The van der Waals surface area contributed by atoms with E-state index in [0.717, 1.165) is 22.3 Å². The highest BCUT2D eigenvalue weighted by Gasteiger charge is 2.09. The lowest BCUT2D eigenvalue weighted by Gasteiger charge is -2.13. The van der Waals surface area contributed by atoms with Crippen LogP contribution < -0.4 is 10.5 Å². The van der Waals surface area contributed by atoms with Crippen LogP contribution in [0.15, 0.2) is 42.0 Å². The van der Waals surface area contributed by atoms with Crippen LogP contribution in [0.5, 0.6) is 5.75 Å². The van der Waals surface area contributed by atoms with E-state index in [9.17, 15) is 0 Å². The molecule has 0 radical (unpaired) electrons. The Morgan fingerprint density at radius 1 is 1.33 bits per heavy atom. The maximum Gasteiger partial charge on any atom is 0.138 e. The molecule has 122 valence electrons. The lowest BCUT2D eigenvalue weighted by Crippen LogP contribution is -2.10. The molecule has 2 aromatic rings. The Bertz CT molecular complexity index is 853. The molecule has 0 aliphatic rings. The number of benzene rings is 2. The van der Waals surface area contributed by atoms with Gasteiger partial charge in [0.05, 0.1) is 10.6 Å². The molecule has 2 rings (SSSR count). The van der Waals surface area contributed by atoms with E-state index >= 15 is 0 Å². The molecule has 5 heteroatoms. The molecule has 0 atom stereocenters. The summed E-state index contributed by atoms with van der Waals surface area (Å²) in [6.45, 7) is 4.35. The number of aryl methyl sites for hydroxylation is 1. The van der Waals surface area contributed by atoms with Gasteiger partial charge in [-0.1, -0.05) is 53.6 Å². The van der Waals surface area contributed by atoms with Crippen molar-refractivity contribution in [3.63, 3.8) is 0 Å². The van der Waals surface area contributed by atoms with Gasteiger partial charge in [0.25, 0.3) is 0 Å². The highest BCUT2D eigenvalue weighted by Crippen LogP contribution is 2.26. The molecule has 0 saturated heterocycles. The van der Waals surface area contributed by atoms with Crippen LogP contribution in [0.4, 0.5) is 0 Å². The number of halogens is 1. The SMILES string of the molecule is Cc1cc(C=C(C#N)C(N)=S)c(C)c(COc2ccccc2Cl)c1. The largest absolute Gasteiger partial charge is 0.487 e. The summed E-state index contributed by atoms with van der Waals surface area (Å²) in [6, 6.07) is 13.4. The third-order valence-corrected chi connectivity index (χ3v) is 4.14. The molecule has 0 bridgehead atoms. The smallest absolute Gasteiger partial charge is 0.138 e. The van der Waals surface area contributed by atoms with Gasteiger partial charge in [-0.15, -0.1) is 0 Å². The topological polar surface area (TPSA) is 59.0 Å². The van der Waals surface area contributed by atoms with Crippen LogP contribution in [-0.2, 0) is 6.61 Å². The van der Waals surface area contributed by atoms with Crippen molar-refractivity contribution in [2.24, 2.45) is 5.73 Å². The van der Waals surface area contributed by atoms with Crippen LogP contribution in [-0.4, -0.2) is 4.99 Å². The number of hydrogen-bond donors (Lipinski definition) is 1. The fraction of sp³-hybridized carbons (Fsp3) is 0.158. The second kappa shape index (κ2) is 7.96. The van der Waals surface area contributed by atoms with Crippen molar-refractivity contribution in [3.8, 4) is 11.8 Å². The fourth-order valence-corrected chi connectivity index (χ4v) is 2.59. The first kappa shape index (κ1) is 18.0. The normalized spacial score (nSPS) is 11.0. The number of hydrogen-bond acceptors (Lipinski definition) is 3. The van der Waals surface area contributed by atoms with E-state index in [4.69, 9.17) is 39.6 Å². The molecule has 0 aromatic heterocycles. The summed E-state index contributed by atoms with van der Waals surface area (Å²) in [5.74, 6) is 0.637. The van der Waals surface area contributed by atoms with Crippen molar-refractivity contribution in [3.05, 3.63) is 69.2 Å². The minimum Gasteiger partial charge on any atom is -0.487 e. The first-order chi connectivity index (χ1) is 11.4. The van der Waals surface area contributed by atoms with Gasteiger partial charge in [0.1, 0.15) is 23.4 Å². The first-order valence-corrected chi connectivity index (χ1v) is 8.10. The molecule has 0 aliphatic carbocycles. The number of nitrogens with two attached hydrogens (primary N) is 1. The monoisotopic (exact) mass is 356 g/mol. The van der Waals surface area contributed by atoms with E-state index in [1.54, 1.807) is 12.1 Å². The third kappa shape index (κ3) is 4.35. The van der Waals surface area contributed by atoms with E-state index in [-0.39, 0.29) is 10.6 Å². The van der Waals surface area contributed by atoms with Crippen LogP contribution >= 0.6 is 23.8 Å². The molecule has 3 nitrogen and oxygen atoms in total. The van der Waals surface area contributed by atoms with Crippen LogP contribution in [0.25, 0.3) is 6.08 Å². The molecule has 0 fully saturated rings. The Hall–Kier alpha value is -2.35. The number of thiocarbonyl (C=S) groups is 1. The summed E-state index contributed by atoms with van der Waals surface area (Å²) in [5.41, 5.74) is 9.85. The lowest BCUT2D eigenvalue weighted by atomic mass is 9.98. The van der Waals surface area contributed by atoms with Gasteiger partial charge in [0, 0.05) is 0 Å². The molecule has 0 aliphatic heterocycles. The summed E-state index contributed by atoms with van der Waals surface area (Å²) < 4.78 is 5.82. The van der Waals surface area contributed by atoms with Gasteiger partial charge in [-0.05, 0) is 48.7 Å². The van der Waals surface area contributed by atoms with Gasteiger partial charge in [0.15, 0.2) is 0 Å². The first-order valence-electron chi connectivity index (χ1n) is 7.31. The lowest BCUT2D eigenvalue weighted by molar-refractivity contribution is 0.305. The predicted molar refractivity (Wildman–Crippen MR) is 102 cm³/mol. The van der Waals surface area contributed by atoms with E-state index in [0.29, 0.717) is 17.4 Å². The summed E-state index contributed by atoms with van der Waals surface area (Å²) >= 11 is 11.0. The quantitative estimate of drug-likeness (QED) is 0.478. The average Bonchev–Trinajstić information content (AvgIpc) is 2.54. The van der Waals surface area contributed by atoms with E-state index in [2.05, 4.69) is 6.07 Å². The fourth-order valence-electron chi connectivity index (χ4n) is 2.29. The minimum atomic E-state index is 0.0901. The molecule has 0 heterocycles. The van der Waals surface area contributed by atoms with Crippen molar-refractivity contribution >= 4 is 34.9 Å². The third-order valence-electron chi connectivity index (χ3n) is 3.61. The maximum absolute atomic E-state index is 9.14.